The lowest BCUT2D eigenvalue weighted by molar-refractivity contribution is -0.137. The molecule has 0 heterocycles. The monoisotopic (exact) mass is 325 g/mol. The smallest absolute Gasteiger partial charge is 0.349 e. The molecule has 2 nitrogen and oxygen atoms in total. The van der Waals surface area contributed by atoms with Crippen LogP contribution in [-0.4, -0.2) is 11.9 Å². The summed E-state index contributed by atoms with van der Waals surface area (Å²) in [4.78, 5) is 12.4. The molecule has 1 aromatic rings. The molecule has 3 atom stereocenters. The second-order valence-corrected chi connectivity index (χ2v) is 7.71. The van der Waals surface area contributed by atoms with E-state index in [1.807, 2.05) is 0 Å². The van der Waals surface area contributed by atoms with Crippen molar-refractivity contribution in [1.82, 2.24) is 5.32 Å². The third kappa shape index (κ3) is 2.45. The van der Waals surface area contributed by atoms with Crippen LogP contribution < -0.4 is 5.32 Å². The maximum Gasteiger partial charge on any atom is 0.416 e. The summed E-state index contributed by atoms with van der Waals surface area (Å²) < 4.78 is 37.8. The normalized spacial score (nSPS) is 32.1. The standard InChI is InChI=1S/C18H22F3NO/c1-16(2)13-8-9-17(16,3)14(10-13)22-15(23)11-4-6-12(7-5-11)18(19,20)21/h4-7,13-14H,8-10H2,1-3H3,(H,22,23)/t13-,14+,17+/m1/s1. The molecular formula is C18H22F3NO. The molecule has 2 fully saturated rings. The van der Waals surface area contributed by atoms with Crippen LogP contribution in [0.15, 0.2) is 24.3 Å². The van der Waals surface area contributed by atoms with Gasteiger partial charge in [0.15, 0.2) is 0 Å². The Morgan fingerprint density at radius 2 is 1.78 bits per heavy atom. The van der Waals surface area contributed by atoms with Gasteiger partial charge in [-0.25, -0.2) is 0 Å². The van der Waals surface area contributed by atoms with Crippen LogP contribution in [0.3, 0.4) is 0 Å². The van der Waals surface area contributed by atoms with E-state index in [2.05, 4.69) is 26.1 Å². The molecule has 2 aliphatic rings. The number of fused-ring (bicyclic) bond motifs is 2. The summed E-state index contributed by atoms with van der Waals surface area (Å²) in [6.07, 6.45) is -1.15. The van der Waals surface area contributed by atoms with E-state index in [1.54, 1.807) is 0 Å². The number of rotatable bonds is 2. The van der Waals surface area contributed by atoms with Gasteiger partial charge in [-0.1, -0.05) is 20.8 Å². The van der Waals surface area contributed by atoms with Crippen LogP contribution in [-0.2, 0) is 6.18 Å². The lowest BCUT2D eigenvalue weighted by Gasteiger charge is -2.39. The number of carbonyl (C=O) groups is 1. The summed E-state index contributed by atoms with van der Waals surface area (Å²) in [6.45, 7) is 6.74. The highest BCUT2D eigenvalue weighted by molar-refractivity contribution is 5.94. The van der Waals surface area contributed by atoms with Gasteiger partial charge in [0.1, 0.15) is 0 Å². The molecule has 23 heavy (non-hydrogen) atoms. The van der Waals surface area contributed by atoms with E-state index >= 15 is 0 Å². The Balaban J connectivity index is 1.74. The molecule has 2 saturated carbocycles. The average Bonchev–Trinajstić information content (AvgIpc) is 2.80. The van der Waals surface area contributed by atoms with Crippen LogP contribution in [0.1, 0.15) is 56.0 Å². The Bertz CT molecular complexity index is 620. The quantitative estimate of drug-likeness (QED) is 0.842. The molecule has 1 N–H and O–H groups in total. The van der Waals surface area contributed by atoms with Crippen LogP contribution in [0, 0.1) is 16.7 Å². The average molecular weight is 325 g/mol. The van der Waals surface area contributed by atoms with E-state index in [-0.39, 0.29) is 28.3 Å². The highest BCUT2D eigenvalue weighted by Gasteiger charge is 2.61. The van der Waals surface area contributed by atoms with E-state index in [1.165, 1.54) is 18.6 Å². The Hall–Kier alpha value is -1.52. The van der Waals surface area contributed by atoms with E-state index < -0.39 is 11.7 Å². The van der Waals surface area contributed by atoms with Gasteiger partial charge in [-0.3, -0.25) is 4.79 Å². The summed E-state index contributed by atoms with van der Waals surface area (Å²) in [6, 6.07) is 4.51. The minimum atomic E-state index is -4.38. The summed E-state index contributed by atoms with van der Waals surface area (Å²) >= 11 is 0. The van der Waals surface area contributed by atoms with Gasteiger partial charge in [0.05, 0.1) is 5.56 Å². The van der Waals surface area contributed by atoms with Gasteiger partial charge >= 0.3 is 6.18 Å². The van der Waals surface area contributed by atoms with Gasteiger partial charge in [0, 0.05) is 11.6 Å². The van der Waals surface area contributed by atoms with Crippen molar-refractivity contribution in [3.63, 3.8) is 0 Å². The zero-order chi connectivity index (χ0) is 17.0. The van der Waals surface area contributed by atoms with Crippen LogP contribution in [0.25, 0.3) is 0 Å². The predicted octanol–water partition coefficient (Wildman–Crippen LogP) is 4.65. The van der Waals surface area contributed by atoms with Crippen LogP contribution >= 0.6 is 0 Å². The first-order chi connectivity index (χ1) is 10.6. The molecule has 3 rings (SSSR count). The summed E-state index contributed by atoms with van der Waals surface area (Å²) in [5, 5.41) is 3.06. The summed E-state index contributed by atoms with van der Waals surface area (Å²) in [7, 11) is 0. The summed E-state index contributed by atoms with van der Waals surface area (Å²) in [5.74, 6) is 0.318. The fourth-order valence-electron chi connectivity index (χ4n) is 4.47. The Kier molecular flexibility index (Phi) is 3.54. The first-order valence-corrected chi connectivity index (χ1v) is 8.04. The molecule has 0 aliphatic heterocycles. The largest absolute Gasteiger partial charge is 0.416 e. The topological polar surface area (TPSA) is 29.1 Å². The van der Waals surface area contributed by atoms with Gasteiger partial charge in [0.2, 0.25) is 0 Å². The number of hydrogen-bond acceptors (Lipinski definition) is 1. The molecule has 1 aromatic carbocycles. The van der Waals surface area contributed by atoms with Crippen LogP contribution in [0.5, 0.6) is 0 Å². The van der Waals surface area contributed by atoms with Crippen molar-refractivity contribution >= 4 is 5.91 Å². The molecule has 0 aromatic heterocycles. The van der Waals surface area contributed by atoms with Gasteiger partial charge in [0.25, 0.3) is 5.91 Å². The second kappa shape index (κ2) is 4.99. The van der Waals surface area contributed by atoms with Crippen molar-refractivity contribution in [2.75, 3.05) is 0 Å². The minimum Gasteiger partial charge on any atom is -0.349 e. The second-order valence-electron chi connectivity index (χ2n) is 7.71. The lowest BCUT2D eigenvalue weighted by atomic mass is 9.69. The lowest BCUT2D eigenvalue weighted by Crippen LogP contribution is -2.46. The van der Waals surface area contributed by atoms with Gasteiger partial charge in [-0.15, -0.1) is 0 Å². The molecule has 1 amide bonds. The Morgan fingerprint density at radius 1 is 1.17 bits per heavy atom. The zero-order valence-corrected chi connectivity index (χ0v) is 13.6. The van der Waals surface area contributed by atoms with Crippen molar-refractivity contribution in [2.45, 2.75) is 52.3 Å². The molecule has 2 aliphatic carbocycles. The Morgan fingerprint density at radius 3 is 2.22 bits per heavy atom. The minimum absolute atomic E-state index is 0.0548. The number of halogens is 3. The molecular weight excluding hydrogens is 303 g/mol. The Labute approximate surface area is 134 Å². The van der Waals surface area contributed by atoms with Gasteiger partial charge in [-0.2, -0.15) is 13.2 Å². The maximum atomic E-state index is 12.6. The molecule has 0 saturated heterocycles. The number of hydrogen-bond donors (Lipinski definition) is 1. The van der Waals surface area contributed by atoms with E-state index in [9.17, 15) is 18.0 Å². The SMILES string of the molecule is CC1(C)[C@@H]2CC[C@@]1(C)[C@@H](NC(=O)c1ccc(C(F)(F)F)cc1)C2. The number of amides is 1. The van der Waals surface area contributed by atoms with Gasteiger partial charge < -0.3 is 5.32 Å². The number of nitrogens with one attached hydrogen (secondary N) is 1. The highest BCUT2D eigenvalue weighted by Crippen LogP contribution is 2.65. The van der Waals surface area contributed by atoms with Crippen molar-refractivity contribution in [1.29, 1.82) is 0 Å². The maximum absolute atomic E-state index is 12.6. The molecule has 0 radical (unpaired) electrons. The fraction of sp³-hybridized carbons (Fsp3) is 0.611. The summed E-state index contributed by atoms with van der Waals surface area (Å²) in [5.41, 5.74) is -0.214. The fourth-order valence-corrected chi connectivity index (χ4v) is 4.47. The van der Waals surface area contributed by atoms with Crippen molar-refractivity contribution in [3.8, 4) is 0 Å². The number of alkyl halides is 3. The number of carbonyl (C=O) groups excluding carboxylic acids is 1. The molecule has 5 heteroatoms. The highest BCUT2D eigenvalue weighted by atomic mass is 19.4. The zero-order valence-electron chi connectivity index (χ0n) is 13.6. The van der Waals surface area contributed by atoms with Crippen molar-refractivity contribution in [3.05, 3.63) is 35.4 Å². The van der Waals surface area contributed by atoms with E-state index in [0.29, 0.717) is 5.92 Å². The van der Waals surface area contributed by atoms with E-state index in [4.69, 9.17) is 0 Å². The van der Waals surface area contributed by atoms with Crippen LogP contribution in [0.4, 0.5) is 13.2 Å². The first-order valence-electron chi connectivity index (χ1n) is 8.04. The molecule has 2 bridgehead atoms. The molecule has 0 unspecified atom stereocenters. The first kappa shape index (κ1) is 16.3. The van der Waals surface area contributed by atoms with Crippen molar-refractivity contribution < 1.29 is 18.0 Å². The predicted molar refractivity (Wildman–Crippen MR) is 81.9 cm³/mol. The van der Waals surface area contributed by atoms with Crippen molar-refractivity contribution in [2.24, 2.45) is 16.7 Å². The third-order valence-corrected chi connectivity index (χ3v) is 6.57. The van der Waals surface area contributed by atoms with Gasteiger partial charge in [-0.05, 0) is 60.3 Å². The van der Waals surface area contributed by atoms with Crippen LogP contribution in [0.2, 0.25) is 0 Å². The third-order valence-electron chi connectivity index (χ3n) is 6.57. The number of benzene rings is 1. The van der Waals surface area contributed by atoms with E-state index in [0.717, 1.165) is 25.0 Å². The molecule has 126 valence electrons. The molecule has 0 spiro atoms.